The molecule has 0 amide bonds. The Morgan fingerprint density at radius 3 is 1.39 bits per heavy atom. The number of thiophene rings is 1. The minimum absolute atomic E-state index is 1.23. The van der Waals surface area contributed by atoms with E-state index in [9.17, 15) is 0 Å². The standard InChI is InChI=1S/C34H21NS/c1-2-11-23-22(10-1)24-12-3-5-14-26(24)30-20-35(21-31(30)27-15-6-4-13-25(23)27)32-18-9-17-29-28-16-7-8-19-33(28)36-34(29)32/h1-21H. The lowest BCUT2D eigenvalue weighted by Gasteiger charge is -2.20. The second kappa shape index (κ2) is 7.55. The molecule has 2 aromatic heterocycles. The van der Waals surface area contributed by atoms with Crippen LogP contribution in [0.15, 0.2) is 128 Å². The zero-order valence-corrected chi connectivity index (χ0v) is 20.3. The summed E-state index contributed by atoms with van der Waals surface area (Å²) in [5.41, 5.74) is 11.4. The number of rotatable bonds is 1. The first-order valence-electron chi connectivity index (χ1n) is 12.3. The predicted molar refractivity (Wildman–Crippen MR) is 154 cm³/mol. The van der Waals surface area contributed by atoms with Gasteiger partial charge in [0.15, 0.2) is 0 Å². The maximum absolute atomic E-state index is 2.34. The molecule has 1 aliphatic carbocycles. The van der Waals surface area contributed by atoms with Crippen LogP contribution in [0.5, 0.6) is 0 Å². The van der Waals surface area contributed by atoms with Gasteiger partial charge in [0.1, 0.15) is 0 Å². The van der Waals surface area contributed by atoms with Crippen LogP contribution in [0.1, 0.15) is 0 Å². The van der Waals surface area contributed by atoms with Crippen molar-refractivity contribution in [3.8, 4) is 50.2 Å². The molecule has 0 fully saturated rings. The molecule has 7 aromatic rings. The third kappa shape index (κ3) is 2.76. The number of nitrogens with zero attached hydrogens (tertiary/aromatic N) is 1. The Morgan fingerprint density at radius 1 is 0.389 bits per heavy atom. The lowest BCUT2D eigenvalue weighted by atomic mass is 9.82. The van der Waals surface area contributed by atoms with E-state index in [4.69, 9.17) is 0 Å². The predicted octanol–water partition coefficient (Wildman–Crippen LogP) is 9.83. The van der Waals surface area contributed by atoms with E-state index in [0.29, 0.717) is 0 Å². The van der Waals surface area contributed by atoms with Crippen LogP contribution in [-0.2, 0) is 0 Å². The molecule has 5 aromatic carbocycles. The van der Waals surface area contributed by atoms with Crippen molar-refractivity contribution in [3.63, 3.8) is 0 Å². The Balaban J connectivity index is 1.47. The van der Waals surface area contributed by atoms with Gasteiger partial charge in [-0.25, -0.2) is 0 Å². The summed E-state index contributed by atoms with van der Waals surface area (Å²) in [5, 5.41) is 2.65. The summed E-state index contributed by atoms with van der Waals surface area (Å²) in [5.74, 6) is 0. The van der Waals surface area contributed by atoms with E-state index >= 15 is 0 Å². The zero-order valence-electron chi connectivity index (χ0n) is 19.5. The molecular formula is C34H21NS. The largest absolute Gasteiger partial charge is 0.321 e. The second-order valence-electron chi connectivity index (χ2n) is 9.38. The average Bonchev–Trinajstić information content (AvgIpc) is 3.54. The monoisotopic (exact) mass is 475 g/mol. The van der Waals surface area contributed by atoms with Crippen molar-refractivity contribution >= 4 is 31.5 Å². The highest BCUT2D eigenvalue weighted by Gasteiger charge is 2.23. The van der Waals surface area contributed by atoms with E-state index in [2.05, 4.69) is 132 Å². The van der Waals surface area contributed by atoms with Gasteiger partial charge in [0.2, 0.25) is 0 Å². The Labute approximate surface area is 213 Å². The normalized spacial score (nSPS) is 11.9. The molecule has 0 radical (unpaired) electrons. The molecule has 0 saturated carbocycles. The number of benzene rings is 5. The topological polar surface area (TPSA) is 4.93 Å². The smallest absolute Gasteiger partial charge is 0.0629 e. The number of fused-ring (bicyclic) bond motifs is 11. The van der Waals surface area contributed by atoms with E-state index in [0.717, 1.165) is 0 Å². The molecular weight excluding hydrogens is 454 g/mol. The lowest BCUT2D eigenvalue weighted by molar-refractivity contribution is 1.10. The molecule has 36 heavy (non-hydrogen) atoms. The van der Waals surface area contributed by atoms with Crippen molar-refractivity contribution in [2.24, 2.45) is 0 Å². The van der Waals surface area contributed by atoms with Gasteiger partial charge in [-0.2, -0.15) is 0 Å². The molecule has 0 N–H and O–H groups in total. The van der Waals surface area contributed by atoms with Gasteiger partial charge in [-0.1, -0.05) is 103 Å². The van der Waals surface area contributed by atoms with Crippen LogP contribution >= 0.6 is 11.3 Å². The fraction of sp³-hybridized carbons (Fsp3) is 0. The van der Waals surface area contributed by atoms with E-state index in [1.165, 1.54) is 70.4 Å². The summed E-state index contributed by atoms with van der Waals surface area (Å²) >= 11 is 1.88. The quantitative estimate of drug-likeness (QED) is 0.223. The van der Waals surface area contributed by atoms with Gasteiger partial charge >= 0.3 is 0 Å². The second-order valence-corrected chi connectivity index (χ2v) is 10.4. The van der Waals surface area contributed by atoms with Gasteiger partial charge in [-0.15, -0.1) is 11.3 Å². The molecule has 0 saturated heterocycles. The van der Waals surface area contributed by atoms with Crippen molar-refractivity contribution in [3.05, 3.63) is 128 Å². The lowest BCUT2D eigenvalue weighted by Crippen LogP contribution is -1.94. The molecule has 0 bridgehead atoms. The number of hydrogen-bond acceptors (Lipinski definition) is 1. The van der Waals surface area contributed by atoms with Crippen LogP contribution in [0.2, 0.25) is 0 Å². The van der Waals surface area contributed by atoms with E-state index < -0.39 is 0 Å². The minimum atomic E-state index is 1.23. The van der Waals surface area contributed by atoms with Crippen LogP contribution in [0, 0.1) is 0 Å². The van der Waals surface area contributed by atoms with E-state index in [1.807, 2.05) is 11.3 Å². The molecule has 0 aliphatic heterocycles. The first-order valence-corrected chi connectivity index (χ1v) is 13.1. The molecule has 8 rings (SSSR count). The molecule has 2 heterocycles. The Kier molecular flexibility index (Phi) is 4.16. The highest BCUT2D eigenvalue weighted by Crippen LogP contribution is 2.48. The van der Waals surface area contributed by atoms with Gasteiger partial charge < -0.3 is 4.57 Å². The van der Waals surface area contributed by atoms with Crippen LogP contribution in [0.4, 0.5) is 0 Å². The van der Waals surface area contributed by atoms with Crippen molar-refractivity contribution < 1.29 is 0 Å². The Hall–Kier alpha value is -4.40. The van der Waals surface area contributed by atoms with Crippen molar-refractivity contribution in [1.82, 2.24) is 4.57 Å². The van der Waals surface area contributed by atoms with Crippen molar-refractivity contribution in [1.29, 1.82) is 0 Å². The number of aromatic nitrogens is 1. The molecule has 0 spiro atoms. The summed E-state index contributed by atoms with van der Waals surface area (Å²) in [6.45, 7) is 0. The highest BCUT2D eigenvalue weighted by molar-refractivity contribution is 7.26. The van der Waals surface area contributed by atoms with Crippen molar-refractivity contribution in [2.75, 3.05) is 0 Å². The van der Waals surface area contributed by atoms with Gasteiger partial charge in [0.05, 0.1) is 10.4 Å². The summed E-state index contributed by atoms with van der Waals surface area (Å²) in [4.78, 5) is 0. The summed E-state index contributed by atoms with van der Waals surface area (Å²) in [6.07, 6.45) is 4.66. The maximum atomic E-state index is 2.34. The minimum Gasteiger partial charge on any atom is -0.321 e. The molecule has 0 atom stereocenters. The van der Waals surface area contributed by atoms with Crippen molar-refractivity contribution in [2.45, 2.75) is 0 Å². The summed E-state index contributed by atoms with van der Waals surface area (Å²) in [7, 11) is 0. The van der Waals surface area contributed by atoms with E-state index in [-0.39, 0.29) is 0 Å². The van der Waals surface area contributed by atoms with Gasteiger partial charge in [-0.05, 0) is 45.5 Å². The van der Waals surface area contributed by atoms with Crippen LogP contribution in [-0.4, -0.2) is 4.57 Å². The van der Waals surface area contributed by atoms with Gasteiger partial charge in [-0.3, -0.25) is 0 Å². The molecule has 1 nitrogen and oxygen atoms in total. The third-order valence-corrected chi connectivity index (χ3v) is 8.64. The maximum Gasteiger partial charge on any atom is 0.0629 e. The fourth-order valence-electron chi connectivity index (χ4n) is 5.82. The van der Waals surface area contributed by atoms with Crippen LogP contribution in [0.3, 0.4) is 0 Å². The van der Waals surface area contributed by atoms with E-state index in [1.54, 1.807) is 0 Å². The third-order valence-electron chi connectivity index (χ3n) is 7.43. The molecule has 1 aliphatic rings. The Morgan fingerprint density at radius 2 is 0.833 bits per heavy atom. The highest BCUT2D eigenvalue weighted by atomic mass is 32.1. The van der Waals surface area contributed by atoms with Crippen LogP contribution < -0.4 is 0 Å². The average molecular weight is 476 g/mol. The molecule has 0 unspecified atom stereocenters. The zero-order chi connectivity index (χ0) is 23.6. The first-order chi connectivity index (χ1) is 17.9. The first kappa shape index (κ1) is 19.9. The molecule has 2 heteroatoms. The number of hydrogen-bond donors (Lipinski definition) is 0. The Bertz CT molecular complexity index is 1870. The summed E-state index contributed by atoms with van der Waals surface area (Å²) < 4.78 is 4.99. The van der Waals surface area contributed by atoms with Gasteiger partial charge in [0, 0.05) is 39.0 Å². The summed E-state index contributed by atoms with van der Waals surface area (Å²) in [6, 6.07) is 41.9. The fourth-order valence-corrected chi connectivity index (χ4v) is 7.04. The molecule has 168 valence electrons. The van der Waals surface area contributed by atoms with Gasteiger partial charge in [0.25, 0.3) is 0 Å². The van der Waals surface area contributed by atoms with Crippen LogP contribution in [0.25, 0.3) is 70.4 Å². The SMILES string of the molecule is c1ccc2c(c1)-c1ccccc1-c1cn(-c3cccc4c3sc3ccccc34)cc1-c1ccccc1-2.